The first-order chi connectivity index (χ1) is 14.7. The predicted molar refractivity (Wildman–Crippen MR) is 121 cm³/mol. The zero-order valence-electron chi connectivity index (χ0n) is 17.7. The summed E-state index contributed by atoms with van der Waals surface area (Å²) in [6, 6.07) is 18.4. The summed E-state index contributed by atoms with van der Waals surface area (Å²) < 4.78 is 5.48. The number of guanidine groups is 1. The number of amides is 1. The molecule has 3 rings (SSSR count). The van der Waals surface area contributed by atoms with Crippen LogP contribution in [0, 0.1) is 0 Å². The zero-order chi connectivity index (χ0) is 21.2. The first kappa shape index (κ1) is 21.5. The fourth-order valence-corrected chi connectivity index (χ4v) is 3.59. The summed E-state index contributed by atoms with van der Waals surface area (Å²) in [4.78, 5) is 18.7. The lowest BCUT2D eigenvalue weighted by atomic mass is 10.1. The summed E-state index contributed by atoms with van der Waals surface area (Å²) in [6.07, 6.45) is 1.81. The summed E-state index contributed by atoms with van der Waals surface area (Å²) in [6.45, 7) is 2.60. The molecule has 1 fully saturated rings. The van der Waals surface area contributed by atoms with Crippen LogP contribution in [0.5, 0.6) is 5.75 Å². The summed E-state index contributed by atoms with van der Waals surface area (Å²) >= 11 is 0. The van der Waals surface area contributed by atoms with Gasteiger partial charge < -0.3 is 25.6 Å². The van der Waals surface area contributed by atoms with E-state index in [0.717, 1.165) is 37.4 Å². The van der Waals surface area contributed by atoms with E-state index in [1.165, 1.54) is 5.56 Å². The van der Waals surface area contributed by atoms with Gasteiger partial charge in [-0.15, -0.1) is 0 Å². The number of hydrogen-bond donors (Lipinski definition) is 3. The molecular formula is C23H31N5O2. The molecule has 2 aromatic rings. The van der Waals surface area contributed by atoms with Crippen LogP contribution in [-0.2, 0) is 11.2 Å². The normalized spacial score (nSPS) is 16.3. The number of para-hydroxylation sites is 2. The molecule has 3 N–H and O–H groups in total. The van der Waals surface area contributed by atoms with Gasteiger partial charge in [-0.25, -0.2) is 0 Å². The molecule has 1 heterocycles. The molecule has 0 aliphatic carbocycles. The molecule has 0 saturated carbocycles. The van der Waals surface area contributed by atoms with E-state index in [1.807, 2.05) is 36.4 Å². The number of hydrogen-bond acceptors (Lipinski definition) is 4. The summed E-state index contributed by atoms with van der Waals surface area (Å²) in [5.41, 5.74) is 2.31. The average molecular weight is 410 g/mol. The minimum atomic E-state index is -0.0454. The minimum absolute atomic E-state index is 0.0454. The maximum absolute atomic E-state index is 12.1. The molecule has 160 valence electrons. The molecule has 0 bridgehead atoms. The van der Waals surface area contributed by atoms with Crippen molar-refractivity contribution in [2.75, 3.05) is 45.2 Å². The van der Waals surface area contributed by atoms with Crippen LogP contribution < -0.4 is 25.6 Å². The van der Waals surface area contributed by atoms with Crippen LogP contribution in [0.15, 0.2) is 59.6 Å². The highest BCUT2D eigenvalue weighted by atomic mass is 16.5. The Morgan fingerprint density at radius 2 is 1.90 bits per heavy atom. The van der Waals surface area contributed by atoms with Crippen LogP contribution in [0.25, 0.3) is 0 Å². The van der Waals surface area contributed by atoms with E-state index < -0.39 is 0 Å². The Kier molecular flexibility index (Phi) is 7.94. The fraction of sp³-hybridized carbons (Fsp3) is 0.391. The zero-order valence-corrected chi connectivity index (χ0v) is 17.7. The van der Waals surface area contributed by atoms with Crippen molar-refractivity contribution in [3.63, 3.8) is 0 Å². The number of anilines is 1. The lowest BCUT2D eigenvalue weighted by molar-refractivity contribution is -0.119. The van der Waals surface area contributed by atoms with Gasteiger partial charge in [0.05, 0.1) is 19.3 Å². The second-order valence-electron chi connectivity index (χ2n) is 7.26. The van der Waals surface area contributed by atoms with E-state index in [0.29, 0.717) is 12.5 Å². The lowest BCUT2D eigenvalue weighted by Gasteiger charge is -2.22. The van der Waals surface area contributed by atoms with Crippen molar-refractivity contribution in [1.29, 1.82) is 0 Å². The van der Waals surface area contributed by atoms with Crippen molar-refractivity contribution in [2.24, 2.45) is 4.99 Å². The Bertz CT molecular complexity index is 840. The fourth-order valence-electron chi connectivity index (χ4n) is 3.59. The third-order valence-electron chi connectivity index (χ3n) is 5.17. The number of carbonyl (C=O) groups excluding carboxylic acids is 1. The van der Waals surface area contributed by atoms with Gasteiger partial charge in [-0.2, -0.15) is 0 Å². The highest BCUT2D eigenvalue weighted by Gasteiger charge is 2.25. The van der Waals surface area contributed by atoms with Crippen molar-refractivity contribution >= 4 is 17.6 Å². The van der Waals surface area contributed by atoms with Crippen molar-refractivity contribution in [1.82, 2.24) is 16.0 Å². The highest BCUT2D eigenvalue weighted by molar-refractivity contribution is 5.86. The number of benzene rings is 2. The Morgan fingerprint density at radius 1 is 1.13 bits per heavy atom. The Labute approximate surface area is 178 Å². The van der Waals surface area contributed by atoms with Crippen LogP contribution in [0.2, 0.25) is 0 Å². The van der Waals surface area contributed by atoms with Gasteiger partial charge in [-0.3, -0.25) is 9.79 Å². The predicted octanol–water partition coefficient (Wildman–Crippen LogP) is 1.80. The lowest BCUT2D eigenvalue weighted by Crippen LogP contribution is -2.47. The second kappa shape index (κ2) is 11.1. The Morgan fingerprint density at radius 3 is 2.67 bits per heavy atom. The van der Waals surface area contributed by atoms with Crippen molar-refractivity contribution < 1.29 is 9.53 Å². The molecule has 1 atom stereocenters. The average Bonchev–Trinajstić information content (AvgIpc) is 3.25. The van der Waals surface area contributed by atoms with E-state index in [-0.39, 0.29) is 18.5 Å². The molecule has 2 aromatic carbocycles. The smallest absolute Gasteiger partial charge is 0.239 e. The third-order valence-corrected chi connectivity index (χ3v) is 5.17. The van der Waals surface area contributed by atoms with E-state index in [9.17, 15) is 4.79 Å². The molecule has 1 amide bonds. The number of carbonyl (C=O) groups is 1. The Hall–Kier alpha value is -3.22. The first-order valence-corrected chi connectivity index (χ1v) is 10.4. The SMILES string of the molecule is CN=C(NCC(=O)NCCc1ccccc1)NC1CCN(c2ccccc2OC)C1. The van der Waals surface area contributed by atoms with Gasteiger partial charge in [-0.1, -0.05) is 42.5 Å². The van der Waals surface area contributed by atoms with E-state index in [1.54, 1.807) is 14.2 Å². The Balaban J connectivity index is 1.40. The minimum Gasteiger partial charge on any atom is -0.495 e. The van der Waals surface area contributed by atoms with Crippen molar-refractivity contribution in [3.05, 3.63) is 60.2 Å². The van der Waals surface area contributed by atoms with E-state index in [2.05, 4.69) is 44.0 Å². The molecule has 1 unspecified atom stereocenters. The van der Waals surface area contributed by atoms with E-state index in [4.69, 9.17) is 4.74 Å². The number of methoxy groups -OCH3 is 1. The van der Waals surface area contributed by atoms with Crippen molar-refractivity contribution in [2.45, 2.75) is 18.9 Å². The molecule has 1 saturated heterocycles. The number of rotatable bonds is 8. The van der Waals surface area contributed by atoms with Gasteiger partial charge >= 0.3 is 0 Å². The molecule has 1 aliphatic heterocycles. The standard InChI is InChI=1S/C23H31N5O2/c1-24-23(26-16-22(29)25-14-12-18-8-4-3-5-9-18)27-19-13-15-28(17-19)20-10-6-7-11-21(20)30-2/h3-11,19H,12-17H2,1-2H3,(H,25,29)(H2,24,26,27). The molecule has 7 heteroatoms. The number of nitrogens with one attached hydrogen (secondary N) is 3. The third kappa shape index (κ3) is 6.14. The largest absolute Gasteiger partial charge is 0.495 e. The van der Waals surface area contributed by atoms with Crippen molar-refractivity contribution in [3.8, 4) is 5.75 Å². The van der Waals surface area contributed by atoms with Gasteiger partial charge in [0, 0.05) is 32.7 Å². The van der Waals surface area contributed by atoms with Crippen LogP contribution >= 0.6 is 0 Å². The van der Waals surface area contributed by atoms with Crippen LogP contribution in [0.1, 0.15) is 12.0 Å². The molecule has 0 aromatic heterocycles. The molecule has 1 aliphatic rings. The summed E-state index contributed by atoms with van der Waals surface area (Å²) in [7, 11) is 3.41. The van der Waals surface area contributed by atoms with Gasteiger partial charge in [0.15, 0.2) is 5.96 Å². The molecule has 0 spiro atoms. The van der Waals surface area contributed by atoms with Gasteiger partial charge in [-0.05, 0) is 30.5 Å². The van der Waals surface area contributed by atoms with Gasteiger partial charge in [0.2, 0.25) is 5.91 Å². The summed E-state index contributed by atoms with van der Waals surface area (Å²) in [5.74, 6) is 1.48. The molecular weight excluding hydrogens is 378 g/mol. The number of nitrogens with zero attached hydrogens (tertiary/aromatic N) is 2. The molecule has 30 heavy (non-hydrogen) atoms. The summed E-state index contributed by atoms with van der Waals surface area (Å²) in [5, 5.41) is 9.46. The topological polar surface area (TPSA) is 78.0 Å². The molecule has 7 nitrogen and oxygen atoms in total. The van der Waals surface area contributed by atoms with E-state index >= 15 is 0 Å². The van der Waals surface area contributed by atoms with Crippen LogP contribution in [0.3, 0.4) is 0 Å². The number of aliphatic imine (C=N–C) groups is 1. The van der Waals surface area contributed by atoms with Crippen LogP contribution in [-0.4, -0.2) is 58.2 Å². The quantitative estimate of drug-likeness (QED) is 0.458. The maximum Gasteiger partial charge on any atom is 0.239 e. The van der Waals surface area contributed by atoms with Gasteiger partial charge in [0.1, 0.15) is 5.75 Å². The first-order valence-electron chi connectivity index (χ1n) is 10.4. The molecule has 0 radical (unpaired) electrons. The van der Waals surface area contributed by atoms with Gasteiger partial charge in [0.25, 0.3) is 0 Å². The number of ether oxygens (including phenoxy) is 1. The highest BCUT2D eigenvalue weighted by Crippen LogP contribution is 2.30. The maximum atomic E-state index is 12.1. The second-order valence-corrected chi connectivity index (χ2v) is 7.26. The van der Waals surface area contributed by atoms with Crippen LogP contribution in [0.4, 0.5) is 5.69 Å². The monoisotopic (exact) mass is 409 g/mol.